The number of carbonyl (C=O) groups excluding carboxylic acids is 1. The molecular formula is C6H11NO3. The zero-order valence-electron chi connectivity index (χ0n) is 5.62. The van der Waals surface area contributed by atoms with E-state index in [2.05, 4.69) is 11.3 Å². The van der Waals surface area contributed by atoms with E-state index < -0.39 is 12.1 Å². The first-order valence-electron chi connectivity index (χ1n) is 2.88. The van der Waals surface area contributed by atoms with Crippen LogP contribution in [0.4, 0.5) is 0 Å². The van der Waals surface area contributed by atoms with Crippen LogP contribution in [-0.4, -0.2) is 30.3 Å². The minimum absolute atomic E-state index is 0.0681. The summed E-state index contributed by atoms with van der Waals surface area (Å²) in [7, 11) is 0. The molecule has 0 saturated heterocycles. The molecule has 0 amide bonds. The summed E-state index contributed by atoms with van der Waals surface area (Å²) >= 11 is 0. The van der Waals surface area contributed by atoms with Gasteiger partial charge in [0.15, 0.2) is 0 Å². The van der Waals surface area contributed by atoms with Gasteiger partial charge in [-0.1, -0.05) is 6.58 Å². The van der Waals surface area contributed by atoms with Crippen LogP contribution in [0.2, 0.25) is 0 Å². The quantitative estimate of drug-likeness (QED) is 0.394. The molecule has 0 rings (SSSR count). The summed E-state index contributed by atoms with van der Waals surface area (Å²) in [6.07, 6.45) is 0.257. The topological polar surface area (TPSA) is 72.5 Å². The summed E-state index contributed by atoms with van der Waals surface area (Å²) in [5.74, 6) is -0.549. The molecule has 0 spiro atoms. The molecule has 0 radical (unpaired) electrons. The highest BCUT2D eigenvalue weighted by atomic mass is 16.5. The van der Waals surface area contributed by atoms with Crippen LogP contribution in [0.15, 0.2) is 12.7 Å². The van der Waals surface area contributed by atoms with Gasteiger partial charge < -0.3 is 15.6 Å². The van der Waals surface area contributed by atoms with Gasteiger partial charge in [-0.2, -0.15) is 0 Å². The second-order valence-electron chi connectivity index (χ2n) is 1.72. The van der Waals surface area contributed by atoms with Crippen molar-refractivity contribution in [3.63, 3.8) is 0 Å². The summed E-state index contributed by atoms with van der Waals surface area (Å²) in [5, 5.41) is 8.77. The number of aliphatic hydroxyl groups is 1. The predicted molar refractivity (Wildman–Crippen MR) is 36.2 cm³/mol. The van der Waals surface area contributed by atoms with Crippen molar-refractivity contribution in [2.75, 3.05) is 13.2 Å². The summed E-state index contributed by atoms with van der Waals surface area (Å²) in [6.45, 7) is 3.20. The SMILES string of the molecule is C=CC(=O)OCC(O)CN. The molecule has 0 aliphatic heterocycles. The Morgan fingerprint density at radius 2 is 2.50 bits per heavy atom. The van der Waals surface area contributed by atoms with E-state index in [0.717, 1.165) is 6.08 Å². The fourth-order valence-electron chi connectivity index (χ4n) is 0.305. The van der Waals surface area contributed by atoms with Crippen molar-refractivity contribution >= 4 is 5.97 Å². The van der Waals surface area contributed by atoms with E-state index in [1.54, 1.807) is 0 Å². The lowest BCUT2D eigenvalue weighted by atomic mass is 10.4. The molecule has 4 heteroatoms. The second-order valence-corrected chi connectivity index (χ2v) is 1.72. The molecule has 0 saturated carbocycles. The van der Waals surface area contributed by atoms with Gasteiger partial charge >= 0.3 is 5.97 Å². The van der Waals surface area contributed by atoms with E-state index in [4.69, 9.17) is 10.8 Å². The molecule has 1 unspecified atom stereocenters. The standard InChI is InChI=1S/C6H11NO3/c1-2-6(9)10-4-5(8)3-7/h2,5,8H,1,3-4,7H2. The smallest absolute Gasteiger partial charge is 0.330 e. The highest BCUT2D eigenvalue weighted by molar-refractivity contribution is 5.81. The van der Waals surface area contributed by atoms with E-state index in [9.17, 15) is 4.79 Å². The Balaban J connectivity index is 3.34. The van der Waals surface area contributed by atoms with Crippen molar-refractivity contribution in [3.05, 3.63) is 12.7 Å². The van der Waals surface area contributed by atoms with E-state index in [1.165, 1.54) is 0 Å². The van der Waals surface area contributed by atoms with Crippen LogP contribution in [0.1, 0.15) is 0 Å². The first-order chi connectivity index (χ1) is 4.70. The maximum Gasteiger partial charge on any atom is 0.330 e. The molecule has 0 aromatic rings. The van der Waals surface area contributed by atoms with Gasteiger partial charge in [0.25, 0.3) is 0 Å². The first-order valence-corrected chi connectivity index (χ1v) is 2.88. The molecular weight excluding hydrogens is 134 g/mol. The number of rotatable bonds is 4. The Hall–Kier alpha value is -0.870. The maximum atomic E-state index is 10.3. The van der Waals surface area contributed by atoms with Crippen molar-refractivity contribution in [3.8, 4) is 0 Å². The Labute approximate surface area is 59.3 Å². The first kappa shape index (κ1) is 9.13. The second kappa shape index (κ2) is 4.96. The molecule has 0 bridgehead atoms. The van der Waals surface area contributed by atoms with Gasteiger partial charge in [0, 0.05) is 12.6 Å². The minimum Gasteiger partial charge on any atom is -0.460 e. The molecule has 0 fully saturated rings. The number of esters is 1. The zero-order valence-corrected chi connectivity index (χ0v) is 5.62. The molecule has 1 atom stereocenters. The fraction of sp³-hybridized carbons (Fsp3) is 0.500. The molecule has 58 valence electrons. The Bertz CT molecular complexity index is 124. The molecule has 0 aromatic heterocycles. The van der Waals surface area contributed by atoms with E-state index >= 15 is 0 Å². The Kier molecular flexibility index (Phi) is 4.53. The van der Waals surface area contributed by atoms with Crippen LogP contribution in [0.3, 0.4) is 0 Å². The minimum atomic E-state index is -0.774. The highest BCUT2D eigenvalue weighted by Crippen LogP contribution is 1.83. The average molecular weight is 145 g/mol. The van der Waals surface area contributed by atoms with Gasteiger partial charge in [0.2, 0.25) is 0 Å². The van der Waals surface area contributed by atoms with Crippen molar-refractivity contribution < 1.29 is 14.6 Å². The molecule has 3 N–H and O–H groups in total. The number of carbonyl (C=O) groups is 1. The van der Waals surface area contributed by atoms with Gasteiger partial charge in [-0.25, -0.2) is 4.79 Å². The maximum absolute atomic E-state index is 10.3. The van der Waals surface area contributed by atoms with Crippen LogP contribution in [0.25, 0.3) is 0 Å². The highest BCUT2D eigenvalue weighted by Gasteiger charge is 2.02. The van der Waals surface area contributed by atoms with Crippen LogP contribution < -0.4 is 5.73 Å². The predicted octanol–water partition coefficient (Wildman–Crippen LogP) is -0.965. The molecule has 0 aliphatic carbocycles. The Morgan fingerprint density at radius 1 is 1.90 bits per heavy atom. The number of aliphatic hydroxyl groups excluding tert-OH is 1. The molecule has 10 heavy (non-hydrogen) atoms. The van der Waals surface area contributed by atoms with Crippen molar-refractivity contribution in [2.45, 2.75) is 6.10 Å². The van der Waals surface area contributed by atoms with Gasteiger partial charge in [-0.15, -0.1) is 0 Å². The van der Waals surface area contributed by atoms with Gasteiger partial charge in [-0.05, 0) is 0 Å². The molecule has 0 heterocycles. The monoisotopic (exact) mass is 145 g/mol. The van der Waals surface area contributed by atoms with Gasteiger partial charge in [-0.3, -0.25) is 0 Å². The largest absolute Gasteiger partial charge is 0.460 e. The summed E-state index contributed by atoms with van der Waals surface area (Å²) in [6, 6.07) is 0. The number of nitrogens with two attached hydrogens (primary N) is 1. The van der Waals surface area contributed by atoms with E-state index in [0.29, 0.717) is 0 Å². The lowest BCUT2D eigenvalue weighted by molar-refractivity contribution is -0.140. The van der Waals surface area contributed by atoms with E-state index in [-0.39, 0.29) is 13.2 Å². The summed E-state index contributed by atoms with van der Waals surface area (Å²) in [4.78, 5) is 10.3. The third-order valence-corrected chi connectivity index (χ3v) is 0.857. The average Bonchev–Trinajstić information content (AvgIpc) is 1.99. The number of hydrogen-bond donors (Lipinski definition) is 2. The van der Waals surface area contributed by atoms with Crippen LogP contribution in [-0.2, 0) is 9.53 Å². The van der Waals surface area contributed by atoms with E-state index in [1.807, 2.05) is 0 Å². The molecule has 0 aliphatic rings. The fourth-order valence-corrected chi connectivity index (χ4v) is 0.305. The van der Waals surface area contributed by atoms with Crippen molar-refractivity contribution in [1.29, 1.82) is 0 Å². The van der Waals surface area contributed by atoms with Crippen LogP contribution in [0.5, 0.6) is 0 Å². The number of hydrogen-bond acceptors (Lipinski definition) is 4. The zero-order chi connectivity index (χ0) is 7.98. The normalized spacial score (nSPS) is 12.2. The van der Waals surface area contributed by atoms with Crippen LogP contribution in [0, 0.1) is 0 Å². The summed E-state index contributed by atoms with van der Waals surface area (Å²) < 4.78 is 4.46. The van der Waals surface area contributed by atoms with Gasteiger partial charge in [0.1, 0.15) is 12.7 Å². The van der Waals surface area contributed by atoms with Crippen LogP contribution >= 0.6 is 0 Å². The third kappa shape index (κ3) is 4.05. The van der Waals surface area contributed by atoms with Gasteiger partial charge in [0.05, 0.1) is 0 Å². The molecule has 4 nitrogen and oxygen atoms in total. The third-order valence-electron chi connectivity index (χ3n) is 0.857. The molecule has 0 aromatic carbocycles. The van der Waals surface area contributed by atoms with Crippen molar-refractivity contribution in [2.24, 2.45) is 5.73 Å². The lowest BCUT2D eigenvalue weighted by Gasteiger charge is -2.05. The summed E-state index contributed by atoms with van der Waals surface area (Å²) in [5.41, 5.74) is 5.03. The van der Waals surface area contributed by atoms with Crippen molar-refractivity contribution in [1.82, 2.24) is 0 Å². The Morgan fingerprint density at radius 3 is 2.90 bits per heavy atom. The lowest BCUT2D eigenvalue weighted by Crippen LogP contribution is -2.26. The number of ether oxygens (including phenoxy) is 1.